The van der Waals surface area contributed by atoms with Crippen LogP contribution in [-0.2, 0) is 9.47 Å². The van der Waals surface area contributed by atoms with Crippen LogP contribution >= 0.6 is 0 Å². The summed E-state index contributed by atoms with van der Waals surface area (Å²) in [5.41, 5.74) is -0.425. The molecule has 2 rings (SSSR count). The van der Waals surface area contributed by atoms with Gasteiger partial charge >= 0.3 is 0 Å². The van der Waals surface area contributed by atoms with Crippen molar-refractivity contribution < 1.29 is 14.6 Å². The van der Waals surface area contributed by atoms with Crippen LogP contribution in [-0.4, -0.2) is 35.6 Å². The van der Waals surface area contributed by atoms with E-state index in [1.54, 1.807) is 6.92 Å². The van der Waals surface area contributed by atoms with Crippen LogP contribution < -0.4 is 0 Å². The molecular formula is C10H18O3. The van der Waals surface area contributed by atoms with Crippen LogP contribution in [0.3, 0.4) is 0 Å². The lowest BCUT2D eigenvalue weighted by Gasteiger charge is -2.33. The molecule has 2 saturated heterocycles. The molecule has 0 spiro atoms. The molecule has 2 fully saturated rings. The number of aliphatic hydroxyl groups excluding tert-OH is 1. The number of hydrogen-bond donors (Lipinski definition) is 1. The molecule has 0 aromatic rings. The molecule has 1 N–H and O–H groups in total. The number of ether oxygens (including phenoxy) is 2. The molecule has 2 heterocycles. The van der Waals surface area contributed by atoms with Crippen LogP contribution in [0.2, 0.25) is 0 Å². The van der Waals surface area contributed by atoms with Crippen molar-refractivity contribution in [2.75, 3.05) is 6.61 Å². The van der Waals surface area contributed by atoms with Crippen molar-refractivity contribution in [1.82, 2.24) is 0 Å². The van der Waals surface area contributed by atoms with Gasteiger partial charge in [-0.25, -0.2) is 0 Å². The number of rotatable bonds is 2. The minimum Gasteiger partial charge on any atom is -0.390 e. The third kappa shape index (κ3) is 1.07. The Labute approximate surface area is 79.0 Å². The highest BCUT2D eigenvalue weighted by Gasteiger charge is 2.60. The first-order valence-corrected chi connectivity index (χ1v) is 5.09. The lowest BCUT2D eigenvalue weighted by atomic mass is 9.86. The summed E-state index contributed by atoms with van der Waals surface area (Å²) in [6.07, 6.45) is 0.894. The van der Waals surface area contributed by atoms with Gasteiger partial charge in [0.15, 0.2) is 0 Å². The summed E-state index contributed by atoms with van der Waals surface area (Å²) in [4.78, 5) is 0. The van der Waals surface area contributed by atoms with Gasteiger partial charge in [-0.3, -0.25) is 0 Å². The standard InChI is InChI=1S/C10H18O3/c1-4-8-9-6(2)10(13-8,5-12-9)7(3)11/h6-9,11H,4-5H2,1-3H3/t6-,7?,8-,9+,10-/m0/s1. The minimum absolute atomic E-state index is 0.179. The maximum atomic E-state index is 9.71. The Bertz CT molecular complexity index is 204. The van der Waals surface area contributed by atoms with E-state index in [1.807, 2.05) is 0 Å². The van der Waals surface area contributed by atoms with Crippen LogP contribution in [0.5, 0.6) is 0 Å². The van der Waals surface area contributed by atoms with Crippen molar-refractivity contribution in [2.24, 2.45) is 5.92 Å². The zero-order valence-corrected chi connectivity index (χ0v) is 8.49. The third-order valence-corrected chi connectivity index (χ3v) is 3.61. The lowest BCUT2D eigenvalue weighted by molar-refractivity contribution is -0.180. The molecule has 2 bridgehead atoms. The van der Waals surface area contributed by atoms with E-state index in [9.17, 15) is 5.11 Å². The van der Waals surface area contributed by atoms with Crippen LogP contribution in [0.1, 0.15) is 27.2 Å². The molecule has 2 aliphatic heterocycles. The van der Waals surface area contributed by atoms with E-state index >= 15 is 0 Å². The first kappa shape index (κ1) is 9.44. The van der Waals surface area contributed by atoms with E-state index < -0.39 is 11.7 Å². The van der Waals surface area contributed by atoms with E-state index in [2.05, 4.69) is 13.8 Å². The minimum atomic E-state index is -0.441. The quantitative estimate of drug-likeness (QED) is 0.698. The summed E-state index contributed by atoms with van der Waals surface area (Å²) in [6.45, 7) is 6.55. The van der Waals surface area contributed by atoms with E-state index in [4.69, 9.17) is 9.47 Å². The van der Waals surface area contributed by atoms with Crippen LogP contribution in [0.4, 0.5) is 0 Å². The Hall–Kier alpha value is -0.120. The van der Waals surface area contributed by atoms with Crippen molar-refractivity contribution in [3.8, 4) is 0 Å². The van der Waals surface area contributed by atoms with Crippen LogP contribution in [0.15, 0.2) is 0 Å². The maximum Gasteiger partial charge on any atom is 0.122 e. The maximum absolute atomic E-state index is 9.71. The molecule has 76 valence electrons. The topological polar surface area (TPSA) is 38.7 Å². The van der Waals surface area contributed by atoms with Gasteiger partial charge in [-0.1, -0.05) is 13.8 Å². The summed E-state index contributed by atoms with van der Waals surface area (Å²) in [5, 5.41) is 9.71. The molecule has 13 heavy (non-hydrogen) atoms. The molecule has 2 aliphatic rings. The van der Waals surface area contributed by atoms with Crippen LogP contribution in [0.25, 0.3) is 0 Å². The second kappa shape index (κ2) is 2.94. The van der Waals surface area contributed by atoms with Gasteiger partial charge in [0.25, 0.3) is 0 Å². The second-order valence-electron chi connectivity index (χ2n) is 4.26. The summed E-state index contributed by atoms with van der Waals surface area (Å²) in [6, 6.07) is 0. The first-order valence-electron chi connectivity index (χ1n) is 5.09. The molecular weight excluding hydrogens is 168 g/mol. The predicted octanol–water partition coefficient (Wildman–Crippen LogP) is 0.950. The zero-order valence-electron chi connectivity index (χ0n) is 8.49. The smallest absolute Gasteiger partial charge is 0.122 e. The SMILES string of the molecule is CC[C@@H]1O[C@@]2(C(C)O)CO[C@@H]1[C@@H]2C. The summed E-state index contributed by atoms with van der Waals surface area (Å²) in [7, 11) is 0. The molecule has 0 aliphatic carbocycles. The fourth-order valence-electron chi connectivity index (χ4n) is 2.62. The van der Waals surface area contributed by atoms with Crippen molar-refractivity contribution >= 4 is 0 Å². The van der Waals surface area contributed by atoms with Gasteiger partial charge in [0, 0.05) is 5.92 Å². The summed E-state index contributed by atoms with van der Waals surface area (Å²) < 4.78 is 11.5. The molecule has 0 amide bonds. The molecule has 1 unspecified atom stereocenters. The predicted molar refractivity (Wildman–Crippen MR) is 48.5 cm³/mol. The van der Waals surface area contributed by atoms with Crippen LogP contribution in [0, 0.1) is 5.92 Å². The van der Waals surface area contributed by atoms with Crippen molar-refractivity contribution in [3.05, 3.63) is 0 Å². The average molecular weight is 186 g/mol. The first-order chi connectivity index (χ1) is 6.12. The van der Waals surface area contributed by atoms with Gasteiger partial charge in [-0.05, 0) is 13.3 Å². The molecule has 0 aromatic heterocycles. The van der Waals surface area contributed by atoms with Gasteiger partial charge < -0.3 is 14.6 Å². The van der Waals surface area contributed by atoms with Crippen molar-refractivity contribution in [3.63, 3.8) is 0 Å². The summed E-state index contributed by atoms with van der Waals surface area (Å²) >= 11 is 0. The number of hydrogen-bond acceptors (Lipinski definition) is 3. The van der Waals surface area contributed by atoms with E-state index in [1.165, 1.54) is 0 Å². The number of fused-ring (bicyclic) bond motifs is 2. The Morgan fingerprint density at radius 2 is 2.31 bits per heavy atom. The van der Waals surface area contributed by atoms with Gasteiger partial charge in [-0.15, -0.1) is 0 Å². The molecule has 5 atom stereocenters. The molecule has 3 nitrogen and oxygen atoms in total. The van der Waals surface area contributed by atoms with Gasteiger partial charge in [0.05, 0.1) is 24.9 Å². The fourth-order valence-corrected chi connectivity index (χ4v) is 2.62. The zero-order chi connectivity index (χ0) is 9.64. The lowest BCUT2D eigenvalue weighted by Crippen LogP contribution is -2.47. The van der Waals surface area contributed by atoms with E-state index in [-0.39, 0.29) is 12.2 Å². The van der Waals surface area contributed by atoms with Crippen molar-refractivity contribution in [2.45, 2.75) is 51.1 Å². The van der Waals surface area contributed by atoms with Gasteiger partial charge in [-0.2, -0.15) is 0 Å². The Kier molecular flexibility index (Phi) is 2.13. The Morgan fingerprint density at radius 3 is 2.69 bits per heavy atom. The monoisotopic (exact) mass is 186 g/mol. The fraction of sp³-hybridized carbons (Fsp3) is 1.00. The molecule has 0 aromatic carbocycles. The van der Waals surface area contributed by atoms with E-state index in [0.717, 1.165) is 6.42 Å². The highest BCUT2D eigenvalue weighted by atomic mass is 16.6. The Morgan fingerprint density at radius 1 is 1.62 bits per heavy atom. The van der Waals surface area contributed by atoms with Crippen molar-refractivity contribution in [1.29, 1.82) is 0 Å². The third-order valence-electron chi connectivity index (χ3n) is 3.61. The van der Waals surface area contributed by atoms with Gasteiger partial charge in [0.1, 0.15) is 5.60 Å². The van der Waals surface area contributed by atoms with E-state index in [0.29, 0.717) is 12.5 Å². The molecule has 0 saturated carbocycles. The normalized spacial score (nSPS) is 51.2. The number of aliphatic hydroxyl groups is 1. The second-order valence-corrected chi connectivity index (χ2v) is 4.26. The van der Waals surface area contributed by atoms with Gasteiger partial charge in [0.2, 0.25) is 0 Å². The highest BCUT2D eigenvalue weighted by Crippen LogP contribution is 2.47. The Balaban J connectivity index is 2.23. The largest absolute Gasteiger partial charge is 0.390 e. The summed E-state index contributed by atoms with van der Waals surface area (Å²) in [5.74, 6) is 0.317. The molecule has 0 radical (unpaired) electrons. The average Bonchev–Trinajstić information content (AvgIpc) is 2.58. The molecule has 3 heteroatoms. The highest BCUT2D eigenvalue weighted by molar-refractivity contribution is 5.07.